The van der Waals surface area contributed by atoms with Crippen LogP contribution in [-0.2, 0) is 20.3 Å². The number of nitrogens with zero attached hydrogens (tertiary/aromatic N) is 4. The summed E-state index contributed by atoms with van der Waals surface area (Å²) in [6, 6.07) is 6.92. The van der Waals surface area contributed by atoms with Crippen LogP contribution >= 0.6 is 39.1 Å². The third-order valence-electron chi connectivity index (χ3n) is 3.55. The van der Waals surface area contributed by atoms with Gasteiger partial charge in [0.2, 0.25) is 0 Å². The number of carbonyl (C=O) groups is 1. The van der Waals surface area contributed by atoms with Gasteiger partial charge in [-0.15, -0.1) is 0 Å². The molecule has 0 aliphatic rings. The second-order valence-corrected chi connectivity index (χ2v) is 7.06. The molecule has 0 atom stereocenters. The molecule has 0 bridgehead atoms. The molecule has 1 amide bonds. The van der Waals surface area contributed by atoms with Crippen molar-refractivity contribution in [3.05, 3.63) is 62.6 Å². The van der Waals surface area contributed by atoms with Crippen LogP contribution < -0.4 is 10.1 Å². The number of carbonyl (C=O) groups excluding carboxylic acids is 1. The normalized spacial score (nSPS) is 10.8. The summed E-state index contributed by atoms with van der Waals surface area (Å²) in [5.41, 5.74) is 0.987. The van der Waals surface area contributed by atoms with E-state index in [-0.39, 0.29) is 24.9 Å². The molecule has 0 aliphatic heterocycles. The van der Waals surface area contributed by atoms with Crippen molar-refractivity contribution >= 4 is 45.0 Å². The van der Waals surface area contributed by atoms with Gasteiger partial charge in [0.05, 0.1) is 28.5 Å². The SMILES string of the molecule is Cn1ncc(Cl)c1CNC(=O)c1ccn(COc2ccc(Br)cc2Cl)n1. The summed E-state index contributed by atoms with van der Waals surface area (Å²) in [5, 5.41) is 11.9. The molecule has 0 fully saturated rings. The van der Waals surface area contributed by atoms with Crippen molar-refractivity contribution in [2.24, 2.45) is 7.05 Å². The molecule has 0 radical (unpaired) electrons. The molecule has 10 heteroatoms. The van der Waals surface area contributed by atoms with Crippen LogP contribution in [-0.4, -0.2) is 25.5 Å². The minimum absolute atomic E-state index is 0.127. The lowest BCUT2D eigenvalue weighted by molar-refractivity contribution is 0.0943. The van der Waals surface area contributed by atoms with Gasteiger partial charge in [-0.25, -0.2) is 4.68 Å². The van der Waals surface area contributed by atoms with E-state index >= 15 is 0 Å². The number of nitrogens with one attached hydrogen (secondary N) is 1. The number of rotatable bonds is 6. The average molecular weight is 459 g/mol. The van der Waals surface area contributed by atoms with Crippen LogP contribution in [0.15, 0.2) is 41.1 Å². The van der Waals surface area contributed by atoms with E-state index in [0.717, 1.165) is 4.47 Å². The Morgan fingerprint density at radius 2 is 2.12 bits per heavy atom. The fourth-order valence-electron chi connectivity index (χ4n) is 2.17. The number of ether oxygens (including phenoxy) is 1. The zero-order chi connectivity index (χ0) is 18.7. The van der Waals surface area contributed by atoms with Gasteiger partial charge in [-0.2, -0.15) is 10.2 Å². The average Bonchev–Trinajstić information content (AvgIpc) is 3.19. The molecule has 2 aromatic heterocycles. The Balaban J connectivity index is 1.57. The Bertz CT molecular complexity index is 921. The largest absolute Gasteiger partial charge is 0.470 e. The molecule has 0 saturated carbocycles. The van der Waals surface area contributed by atoms with Crippen LogP contribution in [0, 0.1) is 0 Å². The van der Waals surface area contributed by atoms with E-state index in [1.165, 1.54) is 10.9 Å². The second kappa shape index (κ2) is 8.11. The third kappa shape index (κ3) is 4.38. The van der Waals surface area contributed by atoms with Crippen LogP contribution in [0.4, 0.5) is 0 Å². The maximum absolute atomic E-state index is 12.2. The Morgan fingerprint density at radius 3 is 2.81 bits per heavy atom. The van der Waals surface area contributed by atoms with Gasteiger partial charge in [0.25, 0.3) is 5.91 Å². The van der Waals surface area contributed by atoms with Gasteiger partial charge in [0.1, 0.15) is 11.4 Å². The summed E-state index contributed by atoms with van der Waals surface area (Å²) < 4.78 is 9.58. The van der Waals surface area contributed by atoms with E-state index in [2.05, 4.69) is 31.4 Å². The third-order valence-corrected chi connectivity index (χ3v) is 4.65. The van der Waals surface area contributed by atoms with Gasteiger partial charge in [0, 0.05) is 17.7 Å². The number of hydrogen-bond acceptors (Lipinski definition) is 4. The van der Waals surface area contributed by atoms with Gasteiger partial charge in [-0.05, 0) is 24.3 Å². The highest BCUT2D eigenvalue weighted by Crippen LogP contribution is 2.27. The van der Waals surface area contributed by atoms with E-state index in [1.54, 1.807) is 36.1 Å². The summed E-state index contributed by atoms with van der Waals surface area (Å²) in [4.78, 5) is 12.2. The maximum atomic E-state index is 12.2. The Labute approximate surface area is 168 Å². The molecule has 0 unspecified atom stereocenters. The van der Waals surface area contributed by atoms with Gasteiger partial charge in [-0.1, -0.05) is 39.1 Å². The quantitative estimate of drug-likeness (QED) is 0.611. The first-order valence-corrected chi connectivity index (χ1v) is 9.05. The number of aryl methyl sites for hydroxylation is 1. The van der Waals surface area contributed by atoms with Crippen LogP contribution in [0.5, 0.6) is 5.75 Å². The number of halogens is 3. The lowest BCUT2D eigenvalue weighted by Crippen LogP contribution is -2.25. The molecule has 0 aliphatic carbocycles. The van der Waals surface area contributed by atoms with Crippen molar-refractivity contribution in [2.75, 3.05) is 0 Å². The van der Waals surface area contributed by atoms with Gasteiger partial charge < -0.3 is 10.1 Å². The molecule has 0 spiro atoms. The zero-order valence-electron chi connectivity index (χ0n) is 13.6. The van der Waals surface area contributed by atoms with E-state index < -0.39 is 0 Å². The van der Waals surface area contributed by atoms with E-state index in [0.29, 0.717) is 21.5 Å². The van der Waals surface area contributed by atoms with Crippen molar-refractivity contribution in [1.82, 2.24) is 24.9 Å². The van der Waals surface area contributed by atoms with E-state index in [1.807, 2.05) is 6.07 Å². The van der Waals surface area contributed by atoms with Crippen LogP contribution in [0.3, 0.4) is 0 Å². The first-order chi connectivity index (χ1) is 12.4. The minimum atomic E-state index is -0.317. The molecule has 2 heterocycles. The number of benzene rings is 1. The Kier molecular flexibility index (Phi) is 5.85. The zero-order valence-corrected chi connectivity index (χ0v) is 16.7. The molecule has 3 rings (SSSR count). The smallest absolute Gasteiger partial charge is 0.272 e. The lowest BCUT2D eigenvalue weighted by Gasteiger charge is -2.08. The van der Waals surface area contributed by atoms with Crippen LogP contribution in [0.2, 0.25) is 10.0 Å². The lowest BCUT2D eigenvalue weighted by atomic mass is 10.3. The van der Waals surface area contributed by atoms with Gasteiger partial charge in [0.15, 0.2) is 6.73 Å². The van der Waals surface area contributed by atoms with Gasteiger partial charge >= 0.3 is 0 Å². The summed E-state index contributed by atoms with van der Waals surface area (Å²) in [6.07, 6.45) is 3.18. The number of aromatic nitrogens is 4. The highest BCUT2D eigenvalue weighted by molar-refractivity contribution is 9.10. The summed E-state index contributed by atoms with van der Waals surface area (Å²) in [5.74, 6) is 0.213. The minimum Gasteiger partial charge on any atom is -0.470 e. The molecule has 3 aromatic rings. The first kappa shape index (κ1) is 18.8. The predicted octanol–water partition coefficient (Wildman–Crippen LogP) is 3.65. The van der Waals surface area contributed by atoms with Crippen molar-refractivity contribution in [2.45, 2.75) is 13.3 Å². The standard InChI is InChI=1S/C16H14BrCl2N5O2/c1-23-14(12(19)7-21-23)8-20-16(25)13-4-5-24(22-13)9-26-15-3-2-10(17)6-11(15)18/h2-7H,8-9H2,1H3,(H,20,25). The molecule has 26 heavy (non-hydrogen) atoms. The highest BCUT2D eigenvalue weighted by atomic mass is 79.9. The Hall–Kier alpha value is -2.03. The van der Waals surface area contributed by atoms with Gasteiger partial charge in [-0.3, -0.25) is 9.48 Å². The van der Waals surface area contributed by atoms with Crippen LogP contribution in [0.1, 0.15) is 16.2 Å². The fourth-order valence-corrected chi connectivity index (χ4v) is 3.13. The molecule has 1 aromatic carbocycles. The predicted molar refractivity (Wildman–Crippen MR) is 101 cm³/mol. The monoisotopic (exact) mass is 457 g/mol. The molecular weight excluding hydrogens is 445 g/mol. The summed E-state index contributed by atoms with van der Waals surface area (Å²) in [7, 11) is 1.76. The van der Waals surface area contributed by atoms with Crippen molar-refractivity contribution in [3.8, 4) is 5.75 Å². The molecule has 7 nitrogen and oxygen atoms in total. The van der Waals surface area contributed by atoms with Crippen molar-refractivity contribution in [1.29, 1.82) is 0 Å². The fraction of sp³-hybridized carbons (Fsp3) is 0.188. The first-order valence-electron chi connectivity index (χ1n) is 7.50. The van der Waals surface area contributed by atoms with E-state index in [9.17, 15) is 4.79 Å². The van der Waals surface area contributed by atoms with Crippen LogP contribution in [0.25, 0.3) is 0 Å². The Morgan fingerprint density at radius 1 is 1.31 bits per heavy atom. The topological polar surface area (TPSA) is 74.0 Å². The summed E-state index contributed by atoms with van der Waals surface area (Å²) in [6.45, 7) is 0.383. The second-order valence-electron chi connectivity index (χ2n) is 5.33. The number of hydrogen-bond donors (Lipinski definition) is 1. The van der Waals surface area contributed by atoms with Crippen molar-refractivity contribution < 1.29 is 9.53 Å². The molecule has 136 valence electrons. The summed E-state index contributed by atoms with van der Waals surface area (Å²) >= 11 is 15.5. The highest BCUT2D eigenvalue weighted by Gasteiger charge is 2.12. The maximum Gasteiger partial charge on any atom is 0.272 e. The van der Waals surface area contributed by atoms with E-state index in [4.69, 9.17) is 27.9 Å². The molecule has 0 saturated heterocycles. The number of amides is 1. The molecule has 1 N–H and O–H groups in total. The van der Waals surface area contributed by atoms with Crippen molar-refractivity contribution in [3.63, 3.8) is 0 Å². The molecular formula is C16H14BrCl2N5O2.